The maximum Gasteiger partial charge on any atom is 0.188 e. The summed E-state index contributed by atoms with van der Waals surface area (Å²) in [5, 5.41) is 2.93. The summed E-state index contributed by atoms with van der Waals surface area (Å²) in [4.78, 5) is 21.6. The molecule has 1 aliphatic heterocycles. The van der Waals surface area contributed by atoms with Gasteiger partial charge in [0.1, 0.15) is 13.2 Å². The van der Waals surface area contributed by atoms with E-state index in [0.29, 0.717) is 35.4 Å². The molecule has 6 heteroatoms. The first kappa shape index (κ1) is 18.6. The molecule has 0 saturated heterocycles. The van der Waals surface area contributed by atoms with Crippen LogP contribution in [0, 0.1) is 0 Å². The van der Waals surface area contributed by atoms with E-state index in [1.807, 2.05) is 18.2 Å². The van der Waals surface area contributed by atoms with E-state index in [0.717, 1.165) is 16.6 Å². The fraction of sp³-hybridized carbons (Fsp3) is 0.125. The van der Waals surface area contributed by atoms with Gasteiger partial charge in [-0.15, -0.1) is 0 Å². The predicted molar refractivity (Wildman–Crippen MR) is 117 cm³/mol. The Morgan fingerprint density at radius 1 is 0.900 bits per heavy atom. The Labute approximate surface area is 178 Å². The summed E-state index contributed by atoms with van der Waals surface area (Å²) in [5.74, 6) is 1.54. The number of ether oxygens (including phenoxy) is 2. The van der Waals surface area contributed by atoms with Gasteiger partial charge in [-0.1, -0.05) is 48.2 Å². The van der Waals surface area contributed by atoms with Crippen LogP contribution in [0.2, 0.25) is 0 Å². The van der Waals surface area contributed by atoms with E-state index >= 15 is 0 Å². The Morgan fingerprint density at radius 2 is 1.73 bits per heavy atom. The molecule has 2 heterocycles. The number of carbonyl (C=O) groups is 1. The van der Waals surface area contributed by atoms with Crippen LogP contribution in [-0.4, -0.2) is 34.7 Å². The van der Waals surface area contributed by atoms with Crippen molar-refractivity contribution in [3.8, 4) is 22.8 Å². The maximum atomic E-state index is 12.6. The van der Waals surface area contributed by atoms with Crippen LogP contribution in [0.1, 0.15) is 10.4 Å². The minimum absolute atomic E-state index is 0.00307. The molecular weight excluding hydrogens is 396 g/mol. The molecule has 0 aliphatic carbocycles. The SMILES string of the molecule is O=C(CSc1nccc(-c2ccc3ccccc3c2)n1)c1ccc2c(c1)OCCO2. The Morgan fingerprint density at radius 3 is 2.63 bits per heavy atom. The summed E-state index contributed by atoms with van der Waals surface area (Å²) in [7, 11) is 0. The van der Waals surface area contributed by atoms with E-state index in [2.05, 4.69) is 40.3 Å². The molecule has 1 aliphatic rings. The molecule has 0 fully saturated rings. The molecule has 5 rings (SSSR count). The third-order valence-corrected chi connectivity index (χ3v) is 5.74. The standard InChI is InChI=1S/C24H18N2O3S/c27-21(19-7-8-22-23(14-19)29-12-11-28-22)15-30-24-25-10-9-20(26-24)18-6-5-16-3-1-2-4-17(16)13-18/h1-10,13-14H,11-12,15H2. The predicted octanol–water partition coefficient (Wildman–Crippen LogP) is 5.04. The Kier molecular flexibility index (Phi) is 5.07. The first-order valence-electron chi connectivity index (χ1n) is 9.64. The lowest BCUT2D eigenvalue weighted by Gasteiger charge is -2.18. The first-order valence-corrected chi connectivity index (χ1v) is 10.6. The van der Waals surface area contributed by atoms with Crippen LogP contribution in [0.25, 0.3) is 22.0 Å². The zero-order valence-corrected chi connectivity index (χ0v) is 16.9. The Balaban J connectivity index is 1.31. The van der Waals surface area contributed by atoms with Gasteiger partial charge in [-0.25, -0.2) is 9.97 Å². The lowest BCUT2D eigenvalue weighted by molar-refractivity contribution is 0.102. The van der Waals surface area contributed by atoms with Crippen molar-refractivity contribution in [2.45, 2.75) is 5.16 Å². The number of nitrogens with zero attached hydrogens (tertiary/aromatic N) is 2. The van der Waals surface area contributed by atoms with Crippen molar-refractivity contribution in [3.05, 3.63) is 78.5 Å². The number of Topliss-reactive ketones (excluding diaryl/α,β-unsaturated/α-hetero) is 1. The van der Waals surface area contributed by atoms with Crippen molar-refractivity contribution in [2.75, 3.05) is 19.0 Å². The van der Waals surface area contributed by atoms with E-state index in [4.69, 9.17) is 9.47 Å². The molecule has 30 heavy (non-hydrogen) atoms. The molecule has 0 unspecified atom stereocenters. The fourth-order valence-corrected chi connectivity index (χ4v) is 4.08. The summed E-state index contributed by atoms with van der Waals surface area (Å²) >= 11 is 1.33. The highest BCUT2D eigenvalue weighted by atomic mass is 32.2. The van der Waals surface area contributed by atoms with Crippen LogP contribution < -0.4 is 9.47 Å². The molecule has 0 atom stereocenters. The normalized spacial score (nSPS) is 12.7. The average molecular weight is 414 g/mol. The van der Waals surface area contributed by atoms with Gasteiger partial charge in [0, 0.05) is 17.3 Å². The maximum absolute atomic E-state index is 12.6. The molecule has 3 aromatic carbocycles. The van der Waals surface area contributed by atoms with Crippen molar-refractivity contribution >= 4 is 28.3 Å². The molecule has 0 radical (unpaired) electrons. The molecule has 0 amide bonds. The molecule has 5 nitrogen and oxygen atoms in total. The van der Waals surface area contributed by atoms with Gasteiger partial charge in [-0.2, -0.15) is 0 Å². The van der Waals surface area contributed by atoms with Gasteiger partial charge in [-0.05, 0) is 41.1 Å². The summed E-state index contributed by atoms with van der Waals surface area (Å²) in [6.45, 7) is 1.02. The smallest absolute Gasteiger partial charge is 0.188 e. The third-order valence-electron chi connectivity index (χ3n) is 4.88. The second-order valence-electron chi connectivity index (χ2n) is 6.86. The molecule has 0 N–H and O–H groups in total. The molecule has 0 saturated carbocycles. The monoisotopic (exact) mass is 414 g/mol. The van der Waals surface area contributed by atoms with E-state index in [1.54, 1.807) is 24.4 Å². The van der Waals surface area contributed by atoms with Gasteiger partial charge in [0.2, 0.25) is 0 Å². The lowest BCUT2D eigenvalue weighted by atomic mass is 10.1. The number of fused-ring (bicyclic) bond motifs is 2. The number of hydrogen-bond acceptors (Lipinski definition) is 6. The Hall–Kier alpha value is -3.38. The molecular formula is C24H18N2O3S. The van der Waals surface area contributed by atoms with Crippen LogP contribution in [0.5, 0.6) is 11.5 Å². The number of benzene rings is 3. The highest BCUT2D eigenvalue weighted by Crippen LogP contribution is 2.31. The van der Waals surface area contributed by atoms with Crippen molar-refractivity contribution in [1.29, 1.82) is 0 Å². The summed E-state index contributed by atoms with van der Waals surface area (Å²) < 4.78 is 11.1. The largest absolute Gasteiger partial charge is 0.486 e. The summed E-state index contributed by atoms with van der Waals surface area (Å²) in [6, 6.07) is 21.7. The van der Waals surface area contributed by atoms with Crippen LogP contribution >= 0.6 is 11.8 Å². The van der Waals surface area contributed by atoms with Gasteiger partial charge in [0.15, 0.2) is 22.4 Å². The van der Waals surface area contributed by atoms with E-state index in [1.165, 1.54) is 17.1 Å². The van der Waals surface area contributed by atoms with Gasteiger partial charge in [0.05, 0.1) is 11.4 Å². The second kappa shape index (κ2) is 8.16. The van der Waals surface area contributed by atoms with Crippen LogP contribution in [0.4, 0.5) is 0 Å². The number of hydrogen-bond donors (Lipinski definition) is 0. The van der Waals surface area contributed by atoms with Crippen LogP contribution in [0.15, 0.2) is 78.1 Å². The molecule has 0 bridgehead atoms. The zero-order chi connectivity index (χ0) is 20.3. The van der Waals surface area contributed by atoms with E-state index in [9.17, 15) is 4.79 Å². The molecule has 0 spiro atoms. The van der Waals surface area contributed by atoms with Crippen molar-refractivity contribution in [1.82, 2.24) is 9.97 Å². The number of rotatable bonds is 5. The highest BCUT2D eigenvalue weighted by Gasteiger charge is 2.15. The topological polar surface area (TPSA) is 61.3 Å². The van der Waals surface area contributed by atoms with Crippen LogP contribution in [0.3, 0.4) is 0 Å². The average Bonchev–Trinajstić information content (AvgIpc) is 2.82. The number of ketones is 1. The van der Waals surface area contributed by atoms with Gasteiger partial charge < -0.3 is 9.47 Å². The van der Waals surface area contributed by atoms with Gasteiger partial charge >= 0.3 is 0 Å². The second-order valence-corrected chi connectivity index (χ2v) is 7.80. The highest BCUT2D eigenvalue weighted by molar-refractivity contribution is 7.99. The summed E-state index contributed by atoms with van der Waals surface area (Å²) in [5.41, 5.74) is 2.46. The van der Waals surface area contributed by atoms with Crippen molar-refractivity contribution < 1.29 is 14.3 Å². The Bertz CT molecular complexity index is 1240. The zero-order valence-electron chi connectivity index (χ0n) is 16.1. The first-order chi connectivity index (χ1) is 14.8. The van der Waals surface area contributed by atoms with E-state index in [-0.39, 0.29) is 11.5 Å². The number of aromatic nitrogens is 2. The van der Waals surface area contributed by atoms with Gasteiger partial charge in [0.25, 0.3) is 0 Å². The van der Waals surface area contributed by atoms with E-state index < -0.39 is 0 Å². The lowest BCUT2D eigenvalue weighted by Crippen LogP contribution is -2.16. The van der Waals surface area contributed by atoms with Crippen molar-refractivity contribution in [3.63, 3.8) is 0 Å². The fourth-order valence-electron chi connectivity index (χ4n) is 3.35. The molecule has 1 aromatic heterocycles. The number of thioether (sulfide) groups is 1. The summed E-state index contributed by atoms with van der Waals surface area (Å²) in [6.07, 6.45) is 1.73. The van der Waals surface area contributed by atoms with Gasteiger partial charge in [-0.3, -0.25) is 4.79 Å². The molecule has 4 aromatic rings. The minimum Gasteiger partial charge on any atom is -0.486 e. The third kappa shape index (κ3) is 3.86. The van der Waals surface area contributed by atoms with Crippen molar-refractivity contribution in [2.24, 2.45) is 0 Å². The quantitative estimate of drug-likeness (QED) is 0.259. The number of carbonyl (C=O) groups excluding carboxylic acids is 1. The minimum atomic E-state index is -0.00307. The molecule has 148 valence electrons. The van der Waals surface area contributed by atoms with Crippen LogP contribution in [-0.2, 0) is 0 Å².